The minimum absolute atomic E-state index is 0.128. The molecule has 0 atom stereocenters. The number of carbonyl (C=O) groups is 1. The molecule has 21 heavy (non-hydrogen) atoms. The van der Waals surface area contributed by atoms with Gasteiger partial charge in [-0.1, -0.05) is 54.8 Å². The largest absolute Gasteiger partial charge is 0.348 e. The van der Waals surface area contributed by atoms with E-state index < -0.39 is 0 Å². The fourth-order valence-electron chi connectivity index (χ4n) is 2.06. The Morgan fingerprint density at radius 3 is 2.62 bits per heavy atom. The van der Waals surface area contributed by atoms with Crippen LogP contribution in [0.15, 0.2) is 36.4 Å². The van der Waals surface area contributed by atoms with Gasteiger partial charge in [0.2, 0.25) is 0 Å². The molecule has 0 aliphatic heterocycles. The molecule has 2 rings (SSSR count). The van der Waals surface area contributed by atoms with Gasteiger partial charge in [-0.15, -0.1) is 0 Å². The van der Waals surface area contributed by atoms with Crippen LogP contribution in [0.25, 0.3) is 0 Å². The Morgan fingerprint density at radius 1 is 1.24 bits per heavy atom. The molecule has 1 N–H and O–H groups in total. The molecule has 110 valence electrons. The number of nitrogens with one attached hydrogen (secondary N) is 1. The molecule has 0 unspecified atom stereocenters. The number of halogens is 1. The van der Waals surface area contributed by atoms with Crippen molar-refractivity contribution >= 4 is 17.5 Å². The Bertz CT molecular complexity index is 623. The summed E-state index contributed by atoms with van der Waals surface area (Å²) in [6.07, 6.45) is 1.79. The predicted octanol–water partition coefficient (Wildman–Crippen LogP) is 3.93. The molecule has 1 amide bonds. The van der Waals surface area contributed by atoms with Gasteiger partial charge in [0.15, 0.2) is 0 Å². The summed E-state index contributed by atoms with van der Waals surface area (Å²) in [4.78, 5) is 16.4. The Kier molecular flexibility index (Phi) is 5.34. The summed E-state index contributed by atoms with van der Waals surface area (Å²) in [7, 11) is 0. The number of rotatable bonds is 5. The molecule has 0 radical (unpaired) electrons. The zero-order chi connectivity index (χ0) is 15.2. The number of pyridine rings is 1. The molecule has 0 aliphatic rings. The van der Waals surface area contributed by atoms with Crippen molar-refractivity contribution in [3.05, 3.63) is 63.9 Å². The van der Waals surface area contributed by atoms with Crippen molar-refractivity contribution in [3.8, 4) is 0 Å². The summed E-state index contributed by atoms with van der Waals surface area (Å²) in [6.45, 7) is 4.61. The predicted molar refractivity (Wildman–Crippen MR) is 85.6 cm³/mol. The van der Waals surface area contributed by atoms with Gasteiger partial charge in [0, 0.05) is 17.8 Å². The van der Waals surface area contributed by atoms with Crippen LogP contribution in [0.4, 0.5) is 0 Å². The summed E-state index contributed by atoms with van der Waals surface area (Å²) >= 11 is 5.97. The van der Waals surface area contributed by atoms with Gasteiger partial charge in [-0.05, 0) is 31.0 Å². The number of amides is 1. The van der Waals surface area contributed by atoms with E-state index in [1.807, 2.05) is 31.2 Å². The van der Waals surface area contributed by atoms with Crippen molar-refractivity contribution in [3.63, 3.8) is 0 Å². The van der Waals surface area contributed by atoms with Gasteiger partial charge in [-0.25, -0.2) is 4.98 Å². The van der Waals surface area contributed by atoms with E-state index in [4.69, 9.17) is 11.6 Å². The first kappa shape index (κ1) is 15.5. The summed E-state index contributed by atoms with van der Waals surface area (Å²) in [5.41, 5.74) is 3.69. The van der Waals surface area contributed by atoms with E-state index in [2.05, 4.69) is 17.2 Å². The summed E-state index contributed by atoms with van der Waals surface area (Å²) in [5.74, 6) is -0.128. The zero-order valence-electron chi connectivity index (χ0n) is 12.3. The Balaban J connectivity index is 2.04. The van der Waals surface area contributed by atoms with Crippen molar-refractivity contribution in [1.82, 2.24) is 10.3 Å². The lowest BCUT2D eigenvalue weighted by molar-refractivity contribution is 0.0950. The molecule has 3 nitrogen and oxygen atoms in total. The first-order valence-corrected chi connectivity index (χ1v) is 7.46. The van der Waals surface area contributed by atoms with Gasteiger partial charge in [0.25, 0.3) is 5.91 Å². The summed E-state index contributed by atoms with van der Waals surface area (Å²) < 4.78 is 0. The van der Waals surface area contributed by atoms with Gasteiger partial charge >= 0.3 is 0 Å². The van der Waals surface area contributed by atoms with Gasteiger partial charge < -0.3 is 5.32 Å². The van der Waals surface area contributed by atoms with Crippen LogP contribution in [0.1, 0.15) is 40.5 Å². The molecular formula is C17H19ClN2O. The maximum absolute atomic E-state index is 12.2. The molecule has 2 aromatic rings. The van der Waals surface area contributed by atoms with Crippen LogP contribution in [0.2, 0.25) is 5.15 Å². The van der Waals surface area contributed by atoms with Crippen LogP contribution in [-0.4, -0.2) is 10.9 Å². The van der Waals surface area contributed by atoms with E-state index in [0.29, 0.717) is 17.3 Å². The fraction of sp³-hybridized carbons (Fsp3) is 0.294. The van der Waals surface area contributed by atoms with E-state index >= 15 is 0 Å². The first-order chi connectivity index (χ1) is 10.1. The van der Waals surface area contributed by atoms with Crippen molar-refractivity contribution in [2.45, 2.75) is 33.2 Å². The Labute approximate surface area is 130 Å². The second-order valence-corrected chi connectivity index (χ2v) is 5.48. The Morgan fingerprint density at radius 2 is 1.95 bits per heavy atom. The smallest absolute Gasteiger partial charge is 0.251 e. The number of hydrogen-bond donors (Lipinski definition) is 1. The average Bonchev–Trinajstić information content (AvgIpc) is 2.46. The van der Waals surface area contributed by atoms with Crippen molar-refractivity contribution in [2.24, 2.45) is 0 Å². The third-order valence-corrected chi connectivity index (χ3v) is 3.38. The number of aromatic nitrogens is 1. The normalized spacial score (nSPS) is 10.4. The number of aryl methyl sites for hydroxylation is 2. The highest BCUT2D eigenvalue weighted by molar-refractivity contribution is 6.29. The van der Waals surface area contributed by atoms with Gasteiger partial charge in [-0.2, -0.15) is 0 Å². The van der Waals surface area contributed by atoms with Gasteiger partial charge in [0.1, 0.15) is 5.15 Å². The maximum Gasteiger partial charge on any atom is 0.251 e. The minimum atomic E-state index is -0.128. The number of carbonyl (C=O) groups excluding carboxylic acids is 1. The van der Waals surface area contributed by atoms with Crippen molar-refractivity contribution < 1.29 is 4.79 Å². The second kappa shape index (κ2) is 7.23. The van der Waals surface area contributed by atoms with Crippen molar-refractivity contribution in [1.29, 1.82) is 0 Å². The third kappa shape index (κ3) is 4.57. The topological polar surface area (TPSA) is 42.0 Å². The van der Waals surface area contributed by atoms with Crippen molar-refractivity contribution in [2.75, 3.05) is 0 Å². The second-order valence-electron chi connectivity index (χ2n) is 5.09. The molecule has 0 aliphatic carbocycles. The minimum Gasteiger partial charge on any atom is -0.348 e. The van der Waals surface area contributed by atoms with Crippen LogP contribution >= 0.6 is 11.6 Å². The van der Waals surface area contributed by atoms with Gasteiger partial charge in [0.05, 0.1) is 0 Å². The first-order valence-electron chi connectivity index (χ1n) is 7.08. The molecule has 0 saturated heterocycles. The van der Waals surface area contributed by atoms with Crippen LogP contribution in [0.5, 0.6) is 0 Å². The van der Waals surface area contributed by atoms with E-state index in [1.165, 1.54) is 5.56 Å². The maximum atomic E-state index is 12.2. The van der Waals surface area contributed by atoms with E-state index in [9.17, 15) is 4.79 Å². The van der Waals surface area contributed by atoms with Crippen LogP contribution in [0, 0.1) is 6.92 Å². The summed E-state index contributed by atoms with van der Waals surface area (Å²) in [5, 5.41) is 3.27. The molecular weight excluding hydrogens is 284 g/mol. The van der Waals surface area contributed by atoms with Crippen LogP contribution < -0.4 is 5.32 Å². The lowest BCUT2D eigenvalue weighted by Gasteiger charge is -2.08. The zero-order valence-corrected chi connectivity index (χ0v) is 13.1. The van der Waals surface area contributed by atoms with E-state index in [0.717, 1.165) is 24.1 Å². The van der Waals surface area contributed by atoms with Crippen LogP contribution in [-0.2, 0) is 13.0 Å². The molecule has 0 spiro atoms. The highest BCUT2D eigenvalue weighted by atomic mass is 35.5. The third-order valence-electron chi connectivity index (χ3n) is 3.19. The number of benzene rings is 1. The van der Waals surface area contributed by atoms with E-state index in [1.54, 1.807) is 12.1 Å². The summed E-state index contributed by atoms with van der Waals surface area (Å²) in [6, 6.07) is 11.5. The SMILES string of the molecule is CCCc1cc(C(=O)NCc2ccc(C)cc2)cc(Cl)n1. The molecule has 4 heteroatoms. The highest BCUT2D eigenvalue weighted by Crippen LogP contribution is 2.13. The molecule has 1 aromatic heterocycles. The monoisotopic (exact) mass is 302 g/mol. The molecule has 0 saturated carbocycles. The molecule has 1 aromatic carbocycles. The van der Waals surface area contributed by atoms with Crippen LogP contribution in [0.3, 0.4) is 0 Å². The lowest BCUT2D eigenvalue weighted by atomic mass is 10.1. The molecule has 0 fully saturated rings. The molecule has 1 heterocycles. The molecule has 0 bridgehead atoms. The standard InChI is InChI=1S/C17H19ClN2O/c1-3-4-15-9-14(10-16(18)20-15)17(21)19-11-13-7-5-12(2)6-8-13/h5-10H,3-4,11H2,1-2H3,(H,19,21). The highest BCUT2D eigenvalue weighted by Gasteiger charge is 2.09. The number of hydrogen-bond acceptors (Lipinski definition) is 2. The Hall–Kier alpha value is -1.87. The van der Waals surface area contributed by atoms with Gasteiger partial charge in [-0.3, -0.25) is 4.79 Å². The number of nitrogens with zero attached hydrogens (tertiary/aromatic N) is 1. The fourth-order valence-corrected chi connectivity index (χ4v) is 2.28. The lowest BCUT2D eigenvalue weighted by Crippen LogP contribution is -2.23. The average molecular weight is 303 g/mol. The quantitative estimate of drug-likeness (QED) is 0.850. The van der Waals surface area contributed by atoms with E-state index in [-0.39, 0.29) is 5.91 Å².